The largest absolute Gasteiger partial charge is 0.434 e. The minimum Gasteiger partial charge on any atom is -0.338 e. The highest BCUT2D eigenvalue weighted by atomic mass is 32.2. The van der Waals surface area contributed by atoms with E-state index in [2.05, 4.69) is 9.97 Å². The van der Waals surface area contributed by atoms with E-state index in [0.717, 1.165) is 30.4 Å². The minimum atomic E-state index is -4.80. The summed E-state index contributed by atoms with van der Waals surface area (Å²) in [7, 11) is -3.25. The number of alkyl halides is 3. The van der Waals surface area contributed by atoms with E-state index < -0.39 is 33.2 Å². The minimum absolute atomic E-state index is 0.00676. The van der Waals surface area contributed by atoms with Gasteiger partial charge in [0, 0.05) is 31.9 Å². The Morgan fingerprint density at radius 2 is 1.89 bits per heavy atom. The Morgan fingerprint density at radius 3 is 2.44 bits per heavy atom. The van der Waals surface area contributed by atoms with Crippen LogP contribution >= 0.6 is 0 Å². The van der Waals surface area contributed by atoms with Crippen LogP contribution in [0.3, 0.4) is 0 Å². The number of halogens is 3. The molecule has 2 aliphatic heterocycles. The Morgan fingerprint density at radius 1 is 1.19 bits per heavy atom. The van der Waals surface area contributed by atoms with E-state index in [0.29, 0.717) is 12.5 Å². The van der Waals surface area contributed by atoms with Crippen LogP contribution < -0.4 is 4.90 Å². The molecule has 1 saturated carbocycles. The first kappa shape index (κ1) is 18.5. The van der Waals surface area contributed by atoms with Gasteiger partial charge in [0.15, 0.2) is 15.5 Å². The molecule has 0 aromatic carbocycles. The van der Waals surface area contributed by atoms with Crippen molar-refractivity contribution in [2.24, 2.45) is 5.92 Å². The zero-order valence-corrected chi connectivity index (χ0v) is 15.3. The quantitative estimate of drug-likeness (QED) is 0.740. The molecule has 148 valence electrons. The third-order valence-electron chi connectivity index (χ3n) is 5.57. The second-order valence-electron chi connectivity index (χ2n) is 7.36. The first-order valence-electron chi connectivity index (χ1n) is 8.84. The molecular formula is C16H19F3N4O3S. The lowest BCUT2D eigenvalue weighted by molar-refractivity contribution is -0.141. The predicted octanol–water partition coefficient (Wildman–Crippen LogP) is 1.35. The number of rotatable bonds is 2. The summed E-state index contributed by atoms with van der Waals surface area (Å²) in [5.74, 6) is -0.922. The van der Waals surface area contributed by atoms with Crippen molar-refractivity contribution in [2.45, 2.75) is 31.5 Å². The van der Waals surface area contributed by atoms with Gasteiger partial charge in [0.1, 0.15) is 0 Å². The van der Waals surface area contributed by atoms with Gasteiger partial charge in [-0.3, -0.25) is 4.79 Å². The summed E-state index contributed by atoms with van der Waals surface area (Å²) in [5.41, 5.74) is -1.89. The molecule has 0 unspecified atom stereocenters. The van der Waals surface area contributed by atoms with Gasteiger partial charge in [0.05, 0.1) is 17.1 Å². The predicted molar refractivity (Wildman–Crippen MR) is 90.1 cm³/mol. The van der Waals surface area contributed by atoms with Gasteiger partial charge in [0.25, 0.3) is 5.91 Å². The SMILES string of the molecule is O=C(c1cnc(N2C[C@H]3CC[C@@H]2C3)nc1C(F)(F)F)N1CCS(=O)(=O)CC1. The van der Waals surface area contributed by atoms with Crippen molar-refractivity contribution in [3.05, 3.63) is 17.5 Å². The highest BCUT2D eigenvalue weighted by molar-refractivity contribution is 7.91. The van der Waals surface area contributed by atoms with Crippen LogP contribution in [-0.4, -0.2) is 66.4 Å². The first-order chi connectivity index (χ1) is 12.6. The topological polar surface area (TPSA) is 83.5 Å². The van der Waals surface area contributed by atoms with E-state index >= 15 is 0 Å². The molecule has 1 aliphatic carbocycles. The van der Waals surface area contributed by atoms with Gasteiger partial charge in [-0.25, -0.2) is 18.4 Å². The number of amides is 1. The van der Waals surface area contributed by atoms with Crippen LogP contribution in [0.2, 0.25) is 0 Å². The van der Waals surface area contributed by atoms with Gasteiger partial charge in [-0.2, -0.15) is 13.2 Å². The molecule has 0 radical (unpaired) electrons. The molecule has 27 heavy (non-hydrogen) atoms. The van der Waals surface area contributed by atoms with E-state index in [4.69, 9.17) is 0 Å². The van der Waals surface area contributed by atoms with Crippen molar-refractivity contribution in [3.63, 3.8) is 0 Å². The van der Waals surface area contributed by atoms with Gasteiger partial charge in [-0.1, -0.05) is 0 Å². The molecule has 3 fully saturated rings. The van der Waals surface area contributed by atoms with Crippen molar-refractivity contribution < 1.29 is 26.4 Å². The summed E-state index contributed by atoms with van der Waals surface area (Å²) in [5, 5.41) is 0. The number of carbonyl (C=O) groups excluding carboxylic acids is 1. The van der Waals surface area contributed by atoms with E-state index in [1.807, 2.05) is 0 Å². The molecule has 7 nitrogen and oxygen atoms in total. The van der Waals surface area contributed by atoms with Crippen molar-refractivity contribution >= 4 is 21.7 Å². The fourth-order valence-electron chi connectivity index (χ4n) is 4.14. The lowest BCUT2D eigenvalue weighted by atomic mass is 10.1. The van der Waals surface area contributed by atoms with Crippen LogP contribution in [0.15, 0.2) is 6.20 Å². The average Bonchev–Trinajstić information content (AvgIpc) is 3.23. The maximum atomic E-state index is 13.6. The summed E-state index contributed by atoms with van der Waals surface area (Å²) < 4.78 is 63.7. The zero-order valence-electron chi connectivity index (χ0n) is 14.4. The summed E-state index contributed by atoms with van der Waals surface area (Å²) in [4.78, 5) is 23.3. The Bertz CT molecular complexity index is 860. The average molecular weight is 404 g/mol. The fourth-order valence-corrected chi connectivity index (χ4v) is 5.34. The zero-order chi connectivity index (χ0) is 19.4. The molecule has 2 saturated heterocycles. The molecule has 0 N–H and O–H groups in total. The second-order valence-corrected chi connectivity index (χ2v) is 9.66. The molecule has 3 aliphatic rings. The maximum absolute atomic E-state index is 13.6. The standard InChI is InChI=1S/C16H19F3N4O3S/c17-16(18,19)13-12(14(24)22-3-5-27(25,26)6-4-22)8-20-15(21-13)23-9-10-1-2-11(23)7-10/h8,10-11H,1-7,9H2/t10-,11+/m0/s1. The molecule has 4 rings (SSSR count). The fraction of sp³-hybridized carbons (Fsp3) is 0.688. The first-order valence-corrected chi connectivity index (χ1v) is 10.7. The van der Waals surface area contributed by atoms with Crippen LogP contribution in [0.1, 0.15) is 35.3 Å². The van der Waals surface area contributed by atoms with Crippen LogP contribution in [0.25, 0.3) is 0 Å². The number of anilines is 1. The number of sulfone groups is 1. The highest BCUT2D eigenvalue weighted by Gasteiger charge is 2.43. The monoisotopic (exact) mass is 404 g/mol. The molecule has 1 amide bonds. The Labute approximate surface area is 154 Å². The molecule has 3 heterocycles. The van der Waals surface area contributed by atoms with Gasteiger partial charge in [-0.15, -0.1) is 0 Å². The van der Waals surface area contributed by atoms with E-state index in [9.17, 15) is 26.4 Å². The maximum Gasteiger partial charge on any atom is 0.434 e. The van der Waals surface area contributed by atoms with Crippen molar-refractivity contribution in [1.29, 1.82) is 0 Å². The number of hydrogen-bond donors (Lipinski definition) is 0. The lowest BCUT2D eigenvalue weighted by Crippen LogP contribution is -2.44. The van der Waals surface area contributed by atoms with Gasteiger partial charge in [-0.05, 0) is 25.2 Å². The van der Waals surface area contributed by atoms with Crippen molar-refractivity contribution in [3.8, 4) is 0 Å². The lowest BCUT2D eigenvalue weighted by Gasteiger charge is -2.29. The molecule has 1 aromatic heterocycles. The summed E-state index contributed by atoms with van der Waals surface area (Å²) in [6, 6.07) is 0.157. The number of carbonyl (C=O) groups is 1. The number of piperidine rings is 1. The Hall–Kier alpha value is -1.91. The number of hydrogen-bond acceptors (Lipinski definition) is 6. The summed E-state index contributed by atoms with van der Waals surface area (Å²) >= 11 is 0. The highest BCUT2D eigenvalue weighted by Crippen LogP contribution is 2.40. The molecule has 0 spiro atoms. The van der Waals surface area contributed by atoms with Crippen molar-refractivity contribution in [1.82, 2.24) is 14.9 Å². The number of nitrogens with zero attached hydrogens (tertiary/aromatic N) is 4. The third-order valence-corrected chi connectivity index (χ3v) is 7.18. The van der Waals surface area contributed by atoms with Gasteiger partial charge in [0.2, 0.25) is 5.95 Å². The number of aromatic nitrogens is 2. The van der Waals surface area contributed by atoms with Gasteiger partial charge >= 0.3 is 6.18 Å². The van der Waals surface area contributed by atoms with E-state index in [1.165, 1.54) is 0 Å². The molecule has 2 bridgehead atoms. The van der Waals surface area contributed by atoms with Gasteiger partial charge < -0.3 is 9.80 Å². The summed E-state index contributed by atoms with van der Waals surface area (Å²) in [6.07, 6.45) is -0.945. The Kier molecular flexibility index (Phi) is 4.32. The molecular weight excluding hydrogens is 385 g/mol. The van der Waals surface area contributed by atoms with Crippen LogP contribution in [-0.2, 0) is 16.0 Å². The smallest absolute Gasteiger partial charge is 0.338 e. The Balaban J connectivity index is 1.63. The normalized spacial score (nSPS) is 27.2. The third kappa shape index (κ3) is 3.48. The van der Waals surface area contributed by atoms with Crippen LogP contribution in [0, 0.1) is 5.92 Å². The van der Waals surface area contributed by atoms with E-state index in [1.54, 1.807) is 4.90 Å². The van der Waals surface area contributed by atoms with Crippen LogP contribution in [0.5, 0.6) is 0 Å². The number of fused-ring (bicyclic) bond motifs is 2. The molecule has 11 heteroatoms. The van der Waals surface area contributed by atoms with Crippen LogP contribution in [0.4, 0.5) is 19.1 Å². The summed E-state index contributed by atoms with van der Waals surface area (Å²) in [6.45, 7) is 0.380. The second kappa shape index (κ2) is 6.32. The van der Waals surface area contributed by atoms with Crippen molar-refractivity contribution in [2.75, 3.05) is 36.0 Å². The molecule has 2 atom stereocenters. The molecule has 1 aromatic rings. The van der Waals surface area contributed by atoms with E-state index in [-0.39, 0.29) is 36.6 Å².